The van der Waals surface area contributed by atoms with Crippen LogP contribution >= 0.6 is 0 Å². The monoisotopic (exact) mass is 492 g/mol. The van der Waals surface area contributed by atoms with Gasteiger partial charge in [0.25, 0.3) is 0 Å². The molecule has 0 aliphatic carbocycles. The minimum atomic E-state index is -0.680. The van der Waals surface area contributed by atoms with E-state index in [4.69, 9.17) is 13.9 Å². The van der Waals surface area contributed by atoms with Gasteiger partial charge in [-0.25, -0.2) is 0 Å². The van der Waals surface area contributed by atoms with E-state index < -0.39 is 11.8 Å². The van der Waals surface area contributed by atoms with E-state index in [0.29, 0.717) is 5.75 Å². The Morgan fingerprint density at radius 3 is 2.28 bits per heavy atom. The maximum absolute atomic E-state index is 12.5. The van der Waals surface area contributed by atoms with Crippen LogP contribution in [-0.4, -0.2) is 63.7 Å². The molecule has 2 heterocycles. The highest BCUT2D eigenvalue weighted by Crippen LogP contribution is 2.25. The second-order valence-corrected chi connectivity index (χ2v) is 8.50. The van der Waals surface area contributed by atoms with Crippen molar-refractivity contribution in [2.24, 2.45) is 0 Å². The average molecular weight is 493 g/mol. The van der Waals surface area contributed by atoms with E-state index in [2.05, 4.69) is 32.6 Å². The van der Waals surface area contributed by atoms with Gasteiger partial charge in [-0.05, 0) is 54.1 Å². The van der Waals surface area contributed by atoms with Crippen molar-refractivity contribution in [1.29, 1.82) is 0 Å². The second kappa shape index (κ2) is 12.1. The predicted octanol–water partition coefficient (Wildman–Crippen LogP) is 2.59. The van der Waals surface area contributed by atoms with Gasteiger partial charge in [-0.2, -0.15) is 0 Å². The fourth-order valence-electron chi connectivity index (χ4n) is 4.29. The second-order valence-electron chi connectivity index (χ2n) is 8.50. The number of piperazine rings is 1. The first kappa shape index (κ1) is 25.1. The Morgan fingerprint density at radius 1 is 0.889 bits per heavy atom. The van der Waals surface area contributed by atoms with Gasteiger partial charge in [0.1, 0.15) is 17.3 Å². The smallest absolute Gasteiger partial charge is 0.309 e. The zero-order valence-electron chi connectivity index (χ0n) is 20.6. The molecule has 0 bridgehead atoms. The quantitative estimate of drug-likeness (QED) is 0.443. The first-order chi connectivity index (χ1) is 17.6. The fourth-order valence-corrected chi connectivity index (χ4v) is 4.29. The number of hydrogen-bond acceptors (Lipinski definition) is 7. The van der Waals surface area contributed by atoms with E-state index in [9.17, 15) is 9.59 Å². The van der Waals surface area contributed by atoms with Crippen molar-refractivity contribution in [2.75, 3.05) is 51.8 Å². The average Bonchev–Trinajstić information content (AvgIpc) is 3.47. The maximum Gasteiger partial charge on any atom is 0.309 e. The molecule has 1 aliphatic heterocycles. The van der Waals surface area contributed by atoms with Gasteiger partial charge < -0.3 is 29.4 Å². The summed E-state index contributed by atoms with van der Waals surface area (Å²) in [6.07, 6.45) is 1.62. The molecule has 4 rings (SSSR count). The van der Waals surface area contributed by atoms with Crippen molar-refractivity contribution >= 4 is 17.5 Å². The first-order valence-electron chi connectivity index (χ1n) is 11.9. The summed E-state index contributed by atoms with van der Waals surface area (Å²) in [4.78, 5) is 29.5. The lowest BCUT2D eigenvalue weighted by atomic mass is 10.1. The first-order valence-corrected chi connectivity index (χ1v) is 11.9. The Hall–Kier alpha value is -3.98. The highest BCUT2D eigenvalue weighted by atomic mass is 16.5. The molecule has 1 atom stereocenters. The van der Waals surface area contributed by atoms with Crippen LogP contribution in [0, 0.1) is 0 Å². The molecule has 190 valence electrons. The topological polar surface area (TPSA) is 96.3 Å². The van der Waals surface area contributed by atoms with Crippen LogP contribution in [0.25, 0.3) is 0 Å². The number of nitrogens with one attached hydrogen (secondary N) is 2. The van der Waals surface area contributed by atoms with Crippen molar-refractivity contribution in [3.63, 3.8) is 0 Å². The zero-order chi connectivity index (χ0) is 25.3. The molecule has 3 aromatic rings. The lowest BCUT2D eigenvalue weighted by Gasteiger charge is -2.39. The van der Waals surface area contributed by atoms with Crippen LogP contribution in [0.4, 0.5) is 5.69 Å². The molecule has 9 heteroatoms. The van der Waals surface area contributed by atoms with Gasteiger partial charge >= 0.3 is 11.8 Å². The molecular formula is C27H32N4O5. The molecule has 0 unspecified atom stereocenters. The number of rotatable bonds is 9. The Balaban J connectivity index is 1.31. The number of hydrogen-bond donors (Lipinski definition) is 2. The third-order valence-electron chi connectivity index (χ3n) is 6.31. The fraction of sp³-hybridized carbons (Fsp3) is 0.333. The van der Waals surface area contributed by atoms with E-state index in [1.165, 1.54) is 0 Å². The molecule has 0 saturated carbocycles. The molecule has 2 N–H and O–H groups in total. The van der Waals surface area contributed by atoms with Crippen molar-refractivity contribution < 1.29 is 23.5 Å². The number of carbonyl (C=O) groups is 2. The standard InChI is InChI=1S/C27H32N4O5/c1-34-22-10-8-21(9-11-22)30-12-14-31(15-13-30)24(25-7-4-16-36-25)19-29-27(33)26(32)28-18-20-5-3-6-23(17-20)35-2/h3-11,16-17,24H,12-15,18-19H2,1-2H3,(H,28,32)(H,29,33)/t24-/m0/s1. The number of ether oxygens (including phenoxy) is 2. The molecule has 2 amide bonds. The summed E-state index contributed by atoms with van der Waals surface area (Å²) >= 11 is 0. The SMILES string of the molecule is COc1ccc(N2CCN([C@@H](CNC(=O)C(=O)NCc3cccc(OC)c3)c3ccco3)CC2)cc1. The molecule has 2 aromatic carbocycles. The van der Waals surface area contributed by atoms with Gasteiger partial charge in [-0.15, -0.1) is 0 Å². The zero-order valence-corrected chi connectivity index (χ0v) is 20.6. The van der Waals surface area contributed by atoms with E-state index in [0.717, 1.165) is 48.9 Å². The Morgan fingerprint density at radius 2 is 1.61 bits per heavy atom. The van der Waals surface area contributed by atoms with Gasteiger partial charge in [0.05, 0.1) is 26.5 Å². The summed E-state index contributed by atoms with van der Waals surface area (Å²) in [6, 6.07) is 18.9. The summed E-state index contributed by atoms with van der Waals surface area (Å²) in [5.41, 5.74) is 1.99. The number of methoxy groups -OCH3 is 2. The Bertz CT molecular complexity index is 1130. The summed E-state index contributed by atoms with van der Waals surface area (Å²) in [6.45, 7) is 3.74. The van der Waals surface area contributed by atoms with Crippen molar-refractivity contribution in [2.45, 2.75) is 12.6 Å². The molecule has 1 aromatic heterocycles. The number of anilines is 1. The lowest BCUT2D eigenvalue weighted by molar-refractivity contribution is -0.139. The van der Waals surface area contributed by atoms with Gasteiger partial charge in [0.2, 0.25) is 0 Å². The molecule has 1 fully saturated rings. The molecule has 0 spiro atoms. The predicted molar refractivity (Wildman–Crippen MR) is 136 cm³/mol. The van der Waals surface area contributed by atoms with Crippen LogP contribution in [0.15, 0.2) is 71.3 Å². The number of furan rings is 1. The number of amides is 2. The highest BCUT2D eigenvalue weighted by molar-refractivity contribution is 6.35. The van der Waals surface area contributed by atoms with Crippen LogP contribution < -0.4 is 25.0 Å². The number of carbonyl (C=O) groups excluding carboxylic acids is 2. The Labute approximate surface area is 211 Å². The van der Waals surface area contributed by atoms with Gasteiger partial charge in [0, 0.05) is 45.0 Å². The van der Waals surface area contributed by atoms with E-state index in [1.54, 1.807) is 20.5 Å². The number of nitrogens with zero attached hydrogens (tertiary/aromatic N) is 2. The van der Waals surface area contributed by atoms with Crippen molar-refractivity contribution in [1.82, 2.24) is 15.5 Å². The summed E-state index contributed by atoms with van der Waals surface area (Å²) < 4.78 is 16.1. The van der Waals surface area contributed by atoms with Crippen LogP contribution in [0.2, 0.25) is 0 Å². The largest absolute Gasteiger partial charge is 0.497 e. The summed E-state index contributed by atoms with van der Waals surface area (Å²) in [5, 5.41) is 5.44. The van der Waals surface area contributed by atoms with Crippen molar-refractivity contribution in [3.05, 3.63) is 78.3 Å². The van der Waals surface area contributed by atoms with Crippen LogP contribution in [0.1, 0.15) is 17.4 Å². The van der Waals surface area contributed by atoms with E-state index in [-0.39, 0.29) is 19.1 Å². The molecule has 0 radical (unpaired) electrons. The molecular weight excluding hydrogens is 460 g/mol. The van der Waals surface area contributed by atoms with E-state index >= 15 is 0 Å². The van der Waals surface area contributed by atoms with E-state index in [1.807, 2.05) is 48.5 Å². The van der Waals surface area contributed by atoms with Crippen LogP contribution in [-0.2, 0) is 16.1 Å². The molecule has 1 saturated heterocycles. The number of benzene rings is 2. The molecule has 1 aliphatic rings. The maximum atomic E-state index is 12.5. The molecule has 9 nitrogen and oxygen atoms in total. The van der Waals surface area contributed by atoms with Gasteiger partial charge in [-0.3, -0.25) is 14.5 Å². The normalized spacial score (nSPS) is 14.7. The summed E-state index contributed by atoms with van der Waals surface area (Å²) in [5.74, 6) is 0.926. The lowest BCUT2D eigenvalue weighted by Crippen LogP contribution is -2.50. The molecule has 36 heavy (non-hydrogen) atoms. The third-order valence-corrected chi connectivity index (χ3v) is 6.31. The highest BCUT2D eigenvalue weighted by Gasteiger charge is 2.28. The summed E-state index contributed by atoms with van der Waals surface area (Å²) in [7, 11) is 3.24. The van der Waals surface area contributed by atoms with Crippen LogP contribution in [0.3, 0.4) is 0 Å². The van der Waals surface area contributed by atoms with Gasteiger partial charge in [0.15, 0.2) is 0 Å². The minimum absolute atomic E-state index is 0.173. The Kier molecular flexibility index (Phi) is 8.46. The third kappa shape index (κ3) is 6.37. The van der Waals surface area contributed by atoms with Crippen molar-refractivity contribution in [3.8, 4) is 11.5 Å². The van der Waals surface area contributed by atoms with Gasteiger partial charge in [-0.1, -0.05) is 12.1 Å². The minimum Gasteiger partial charge on any atom is -0.497 e. The van der Waals surface area contributed by atoms with Crippen LogP contribution in [0.5, 0.6) is 11.5 Å².